The summed E-state index contributed by atoms with van der Waals surface area (Å²) in [6.45, 7) is 8.70. The van der Waals surface area contributed by atoms with Crippen molar-refractivity contribution in [3.05, 3.63) is 54.1 Å². The van der Waals surface area contributed by atoms with Gasteiger partial charge in [0.1, 0.15) is 5.75 Å². The first-order valence-electron chi connectivity index (χ1n) is 11.1. The zero-order valence-electron chi connectivity index (χ0n) is 18.7. The van der Waals surface area contributed by atoms with Gasteiger partial charge in [0, 0.05) is 42.5 Å². The van der Waals surface area contributed by atoms with Crippen LogP contribution in [-0.4, -0.2) is 37.6 Å². The molecule has 31 heavy (non-hydrogen) atoms. The van der Waals surface area contributed by atoms with E-state index in [9.17, 15) is 9.59 Å². The van der Waals surface area contributed by atoms with Gasteiger partial charge in [-0.1, -0.05) is 26.0 Å². The van der Waals surface area contributed by atoms with Crippen LogP contribution in [0.3, 0.4) is 0 Å². The highest BCUT2D eigenvalue weighted by molar-refractivity contribution is 5.96. The van der Waals surface area contributed by atoms with Gasteiger partial charge in [-0.3, -0.25) is 9.59 Å². The van der Waals surface area contributed by atoms with Crippen molar-refractivity contribution in [2.75, 3.05) is 29.9 Å². The quantitative estimate of drug-likeness (QED) is 0.624. The molecule has 6 nitrogen and oxygen atoms in total. The Morgan fingerprint density at radius 3 is 2.52 bits per heavy atom. The summed E-state index contributed by atoms with van der Waals surface area (Å²) in [6, 6.07) is 14.8. The molecule has 1 heterocycles. The molecule has 2 aromatic rings. The van der Waals surface area contributed by atoms with Crippen LogP contribution >= 0.6 is 0 Å². The number of amides is 2. The minimum absolute atomic E-state index is 0.125. The number of nitrogens with one attached hydrogen (secondary N) is 2. The SMILES string of the molecule is CC(C)COc1cccc(C(=O)NC(C)CC(=O)Nc2cccc(N3CCCC3)c2)c1. The number of hydrogen-bond donors (Lipinski definition) is 2. The molecule has 1 atom stereocenters. The van der Waals surface area contributed by atoms with E-state index < -0.39 is 0 Å². The average molecular weight is 424 g/mol. The largest absolute Gasteiger partial charge is 0.493 e. The van der Waals surface area contributed by atoms with Gasteiger partial charge in [0.2, 0.25) is 5.91 Å². The van der Waals surface area contributed by atoms with Gasteiger partial charge in [-0.2, -0.15) is 0 Å². The van der Waals surface area contributed by atoms with E-state index in [0.717, 1.165) is 24.5 Å². The molecule has 1 aliphatic rings. The molecule has 0 saturated carbocycles. The molecule has 1 aliphatic heterocycles. The van der Waals surface area contributed by atoms with Gasteiger partial charge in [0.05, 0.1) is 6.61 Å². The molecule has 0 spiro atoms. The molecule has 0 bridgehead atoms. The Balaban J connectivity index is 1.50. The fraction of sp³-hybridized carbons (Fsp3) is 0.440. The van der Waals surface area contributed by atoms with Crippen molar-refractivity contribution in [3.8, 4) is 5.75 Å². The molecule has 0 aliphatic carbocycles. The Kier molecular flexibility index (Phi) is 7.93. The minimum Gasteiger partial charge on any atom is -0.493 e. The van der Waals surface area contributed by atoms with Crippen LogP contribution in [-0.2, 0) is 4.79 Å². The third-order valence-corrected chi connectivity index (χ3v) is 5.15. The van der Waals surface area contributed by atoms with Gasteiger partial charge < -0.3 is 20.3 Å². The third kappa shape index (κ3) is 7.02. The lowest BCUT2D eigenvalue weighted by Gasteiger charge is -2.19. The average Bonchev–Trinajstić information content (AvgIpc) is 3.27. The molecule has 1 fully saturated rings. The van der Waals surface area contributed by atoms with E-state index in [4.69, 9.17) is 4.74 Å². The van der Waals surface area contributed by atoms with Gasteiger partial charge in [-0.05, 0) is 62.1 Å². The number of hydrogen-bond acceptors (Lipinski definition) is 4. The van der Waals surface area contributed by atoms with Crippen LogP contribution in [0.4, 0.5) is 11.4 Å². The van der Waals surface area contributed by atoms with Gasteiger partial charge >= 0.3 is 0 Å². The highest BCUT2D eigenvalue weighted by Gasteiger charge is 2.16. The Hall–Kier alpha value is -3.02. The first-order chi connectivity index (χ1) is 14.9. The Labute approximate surface area is 185 Å². The Morgan fingerprint density at radius 1 is 1.03 bits per heavy atom. The molecule has 1 unspecified atom stereocenters. The van der Waals surface area contributed by atoms with Crippen LogP contribution in [0.5, 0.6) is 5.75 Å². The van der Waals surface area contributed by atoms with Crippen molar-refractivity contribution in [2.24, 2.45) is 5.92 Å². The maximum absolute atomic E-state index is 12.6. The second kappa shape index (κ2) is 10.8. The summed E-state index contributed by atoms with van der Waals surface area (Å²) in [5.74, 6) is 0.739. The zero-order valence-corrected chi connectivity index (χ0v) is 18.7. The van der Waals surface area contributed by atoms with Crippen molar-refractivity contribution >= 4 is 23.2 Å². The lowest BCUT2D eigenvalue weighted by Crippen LogP contribution is -2.35. The number of carbonyl (C=O) groups excluding carboxylic acids is 2. The molecule has 0 radical (unpaired) electrons. The van der Waals surface area contributed by atoms with E-state index in [1.165, 1.54) is 12.8 Å². The van der Waals surface area contributed by atoms with Crippen molar-refractivity contribution < 1.29 is 14.3 Å². The van der Waals surface area contributed by atoms with Crippen molar-refractivity contribution in [2.45, 2.75) is 46.1 Å². The maximum Gasteiger partial charge on any atom is 0.251 e. The Morgan fingerprint density at radius 2 is 1.77 bits per heavy atom. The second-order valence-corrected chi connectivity index (χ2v) is 8.60. The number of ether oxygens (including phenoxy) is 1. The maximum atomic E-state index is 12.6. The minimum atomic E-state index is -0.297. The number of rotatable bonds is 9. The first kappa shape index (κ1) is 22.7. The van der Waals surface area contributed by atoms with E-state index in [1.807, 2.05) is 31.2 Å². The molecule has 0 aromatic heterocycles. The van der Waals surface area contributed by atoms with E-state index >= 15 is 0 Å². The smallest absolute Gasteiger partial charge is 0.251 e. The number of anilines is 2. The van der Waals surface area contributed by atoms with Crippen LogP contribution in [0, 0.1) is 5.92 Å². The standard InChI is InChI=1S/C25H33N3O3/c1-18(2)17-31-23-11-6-8-20(15-23)25(30)26-19(3)14-24(29)27-21-9-7-10-22(16-21)28-12-4-5-13-28/h6-11,15-16,18-19H,4-5,12-14,17H2,1-3H3,(H,26,30)(H,27,29). The zero-order chi connectivity index (χ0) is 22.2. The number of benzene rings is 2. The third-order valence-electron chi connectivity index (χ3n) is 5.15. The summed E-state index contributed by atoms with van der Waals surface area (Å²) in [6.07, 6.45) is 2.62. The normalized spacial score (nSPS) is 14.4. The highest BCUT2D eigenvalue weighted by Crippen LogP contribution is 2.23. The molecule has 166 valence electrons. The topological polar surface area (TPSA) is 70.7 Å². The van der Waals surface area contributed by atoms with E-state index in [0.29, 0.717) is 23.8 Å². The van der Waals surface area contributed by atoms with Crippen molar-refractivity contribution in [1.29, 1.82) is 0 Å². The molecule has 2 amide bonds. The summed E-state index contributed by atoms with van der Waals surface area (Å²) in [4.78, 5) is 27.4. The van der Waals surface area contributed by atoms with E-state index in [-0.39, 0.29) is 24.3 Å². The fourth-order valence-corrected chi connectivity index (χ4v) is 3.59. The van der Waals surface area contributed by atoms with Crippen LogP contribution in [0.2, 0.25) is 0 Å². The van der Waals surface area contributed by atoms with Crippen LogP contribution in [0.15, 0.2) is 48.5 Å². The summed E-state index contributed by atoms with van der Waals surface area (Å²) in [5, 5.41) is 5.85. The van der Waals surface area contributed by atoms with E-state index in [1.54, 1.807) is 18.2 Å². The lowest BCUT2D eigenvalue weighted by atomic mass is 10.1. The van der Waals surface area contributed by atoms with Gasteiger partial charge in [-0.25, -0.2) is 0 Å². The second-order valence-electron chi connectivity index (χ2n) is 8.60. The van der Waals surface area contributed by atoms with Gasteiger partial charge in [0.25, 0.3) is 5.91 Å². The molecular weight excluding hydrogens is 390 g/mol. The summed E-state index contributed by atoms with van der Waals surface area (Å²) in [7, 11) is 0. The van der Waals surface area contributed by atoms with Crippen LogP contribution in [0.1, 0.15) is 50.4 Å². The molecule has 1 saturated heterocycles. The monoisotopic (exact) mass is 423 g/mol. The molecule has 2 aromatic carbocycles. The number of nitrogens with zero attached hydrogens (tertiary/aromatic N) is 1. The molecular formula is C25H33N3O3. The Bertz CT molecular complexity index is 891. The fourth-order valence-electron chi connectivity index (χ4n) is 3.59. The predicted octanol–water partition coefficient (Wildman–Crippen LogP) is 4.47. The molecule has 2 N–H and O–H groups in total. The summed E-state index contributed by atoms with van der Waals surface area (Å²) < 4.78 is 5.69. The summed E-state index contributed by atoms with van der Waals surface area (Å²) in [5.41, 5.74) is 2.44. The molecule has 3 rings (SSSR count). The number of carbonyl (C=O) groups is 2. The van der Waals surface area contributed by atoms with Gasteiger partial charge in [-0.15, -0.1) is 0 Å². The lowest BCUT2D eigenvalue weighted by molar-refractivity contribution is -0.116. The molecule has 6 heteroatoms. The summed E-state index contributed by atoms with van der Waals surface area (Å²) >= 11 is 0. The van der Waals surface area contributed by atoms with Gasteiger partial charge in [0.15, 0.2) is 0 Å². The van der Waals surface area contributed by atoms with Crippen LogP contribution < -0.4 is 20.3 Å². The first-order valence-corrected chi connectivity index (χ1v) is 11.1. The predicted molar refractivity (Wildman–Crippen MR) is 125 cm³/mol. The highest BCUT2D eigenvalue weighted by atomic mass is 16.5. The van der Waals surface area contributed by atoms with Crippen molar-refractivity contribution in [1.82, 2.24) is 5.32 Å². The van der Waals surface area contributed by atoms with Crippen molar-refractivity contribution in [3.63, 3.8) is 0 Å². The van der Waals surface area contributed by atoms with E-state index in [2.05, 4.69) is 35.4 Å². The van der Waals surface area contributed by atoms with Crippen LogP contribution in [0.25, 0.3) is 0 Å².